The van der Waals surface area contributed by atoms with Crippen molar-refractivity contribution >= 4 is 17.1 Å². The number of aromatic nitrogens is 2. The topological polar surface area (TPSA) is 66.0 Å². The molecule has 0 saturated heterocycles. The van der Waals surface area contributed by atoms with E-state index >= 15 is 0 Å². The van der Waals surface area contributed by atoms with Gasteiger partial charge in [0.2, 0.25) is 0 Å². The van der Waals surface area contributed by atoms with Crippen LogP contribution in [0.25, 0.3) is 22.0 Å². The zero-order chi connectivity index (χ0) is 15.9. The predicted octanol–water partition coefficient (Wildman–Crippen LogP) is 4.33. The lowest BCUT2D eigenvalue weighted by Crippen LogP contribution is -1.94. The van der Waals surface area contributed by atoms with E-state index in [0.717, 1.165) is 38.8 Å². The van der Waals surface area contributed by atoms with E-state index in [1.807, 2.05) is 31.4 Å². The van der Waals surface area contributed by atoms with Gasteiger partial charge in [-0.05, 0) is 50.6 Å². The van der Waals surface area contributed by atoms with Gasteiger partial charge in [-0.3, -0.25) is 4.79 Å². The van der Waals surface area contributed by atoms with E-state index in [1.54, 1.807) is 19.1 Å². The third kappa shape index (κ3) is 2.44. The van der Waals surface area contributed by atoms with E-state index in [9.17, 15) is 9.90 Å². The van der Waals surface area contributed by atoms with E-state index < -0.39 is 0 Å². The number of aromatic amines is 1. The Morgan fingerprint density at radius 2 is 1.91 bits per heavy atom. The van der Waals surface area contributed by atoms with Crippen LogP contribution in [0.2, 0.25) is 0 Å². The smallest absolute Gasteiger partial charge is 0.161 e. The molecular weight excluding hydrogens is 296 g/mol. The maximum Gasteiger partial charge on any atom is 0.161 e. The number of hydrogen-bond donors (Lipinski definition) is 2. The van der Waals surface area contributed by atoms with Crippen molar-refractivity contribution in [2.75, 3.05) is 0 Å². The van der Waals surface area contributed by atoms with Crippen LogP contribution < -0.4 is 0 Å². The molecule has 22 heavy (non-hydrogen) atoms. The maximum absolute atomic E-state index is 11.7. The zero-order valence-electron chi connectivity index (χ0n) is 12.6. The molecule has 3 rings (SSSR count). The fraction of sp³-hybridized carbons (Fsp3) is 0.176. The van der Waals surface area contributed by atoms with Crippen LogP contribution in [-0.2, 0) is 0 Å². The van der Waals surface area contributed by atoms with Gasteiger partial charge in [-0.15, -0.1) is 11.3 Å². The second-order valence-electron chi connectivity index (χ2n) is 5.27. The Kier molecular flexibility index (Phi) is 3.58. The van der Waals surface area contributed by atoms with Crippen molar-refractivity contribution in [3.63, 3.8) is 0 Å². The number of H-pyrrole nitrogens is 1. The summed E-state index contributed by atoms with van der Waals surface area (Å²) in [7, 11) is 0. The molecular formula is C17H16N2O2S. The largest absolute Gasteiger partial charge is 0.508 e. The van der Waals surface area contributed by atoms with Gasteiger partial charge in [0.1, 0.15) is 10.8 Å². The van der Waals surface area contributed by atoms with Gasteiger partial charge in [-0.25, -0.2) is 4.98 Å². The average molecular weight is 312 g/mol. The minimum Gasteiger partial charge on any atom is -0.508 e. The first-order valence-corrected chi connectivity index (χ1v) is 7.80. The van der Waals surface area contributed by atoms with Crippen LogP contribution in [0.4, 0.5) is 0 Å². The molecule has 0 radical (unpaired) electrons. The second-order valence-corrected chi connectivity index (χ2v) is 6.12. The number of thiazole rings is 1. The van der Waals surface area contributed by atoms with Crippen LogP contribution in [0.15, 0.2) is 29.6 Å². The third-order valence-corrected chi connectivity index (χ3v) is 4.56. The Labute approximate surface area is 132 Å². The second kappa shape index (κ2) is 5.42. The number of phenols is 1. The van der Waals surface area contributed by atoms with Crippen molar-refractivity contribution in [2.24, 2.45) is 0 Å². The van der Waals surface area contributed by atoms with Gasteiger partial charge in [-0.2, -0.15) is 0 Å². The number of aromatic hydroxyl groups is 1. The molecule has 0 aliphatic heterocycles. The molecule has 3 aromatic rings. The number of rotatable bonds is 3. The van der Waals surface area contributed by atoms with Crippen LogP contribution >= 0.6 is 11.3 Å². The van der Waals surface area contributed by atoms with Gasteiger partial charge in [-0.1, -0.05) is 0 Å². The van der Waals surface area contributed by atoms with Crippen molar-refractivity contribution in [3.05, 3.63) is 46.5 Å². The van der Waals surface area contributed by atoms with E-state index in [2.05, 4.69) is 9.97 Å². The highest BCUT2D eigenvalue weighted by Gasteiger charge is 2.18. The van der Waals surface area contributed by atoms with E-state index in [-0.39, 0.29) is 11.5 Å². The van der Waals surface area contributed by atoms with Gasteiger partial charge in [0, 0.05) is 22.2 Å². The summed E-state index contributed by atoms with van der Waals surface area (Å²) < 4.78 is 0. The number of benzene rings is 1. The highest BCUT2D eigenvalue weighted by atomic mass is 32.1. The lowest BCUT2D eigenvalue weighted by Gasteiger charge is -1.98. The first kappa shape index (κ1) is 14.5. The molecule has 1 aromatic carbocycles. The Balaban J connectivity index is 2.03. The monoisotopic (exact) mass is 312 g/mol. The first-order chi connectivity index (χ1) is 10.5. The molecule has 2 heterocycles. The minimum absolute atomic E-state index is 0.0616. The maximum atomic E-state index is 11.7. The summed E-state index contributed by atoms with van der Waals surface area (Å²) in [5.41, 5.74) is 5.24. The first-order valence-electron chi connectivity index (χ1n) is 6.92. The molecule has 4 nitrogen and oxygen atoms in total. The van der Waals surface area contributed by atoms with E-state index in [0.29, 0.717) is 0 Å². The molecule has 2 aromatic heterocycles. The number of Topliss-reactive ketones (excluding diaryl/α,β-unsaturated/α-hetero) is 1. The van der Waals surface area contributed by atoms with Crippen LogP contribution in [0.5, 0.6) is 5.75 Å². The molecule has 0 fully saturated rings. The standard InChI is InChI=1S/C17H16N2O2S/c1-9-15(11(3)20)10(2)18-16(9)14-8-22-17(19-14)12-4-6-13(21)7-5-12/h4-8,18,21H,1-3H3. The summed E-state index contributed by atoms with van der Waals surface area (Å²) in [5, 5.41) is 12.2. The number of phenolic OH excluding ortho intramolecular Hbond substituents is 1. The predicted molar refractivity (Wildman–Crippen MR) is 88.5 cm³/mol. The number of hydrogen-bond acceptors (Lipinski definition) is 4. The number of aryl methyl sites for hydroxylation is 1. The molecule has 0 unspecified atom stereocenters. The van der Waals surface area contributed by atoms with Crippen molar-refractivity contribution in [3.8, 4) is 27.7 Å². The van der Waals surface area contributed by atoms with Gasteiger partial charge in [0.05, 0.1) is 11.4 Å². The highest BCUT2D eigenvalue weighted by Crippen LogP contribution is 2.32. The van der Waals surface area contributed by atoms with Crippen LogP contribution in [0, 0.1) is 13.8 Å². The quantitative estimate of drug-likeness (QED) is 0.707. The van der Waals surface area contributed by atoms with Crippen molar-refractivity contribution in [1.29, 1.82) is 0 Å². The Hall–Kier alpha value is -2.40. The Morgan fingerprint density at radius 1 is 1.23 bits per heavy atom. The van der Waals surface area contributed by atoms with Gasteiger partial charge >= 0.3 is 0 Å². The summed E-state index contributed by atoms with van der Waals surface area (Å²) in [6, 6.07) is 6.97. The molecule has 0 saturated carbocycles. The number of nitrogens with one attached hydrogen (secondary N) is 1. The molecule has 0 amide bonds. The van der Waals surface area contributed by atoms with Crippen LogP contribution in [-0.4, -0.2) is 20.9 Å². The molecule has 0 spiro atoms. The van der Waals surface area contributed by atoms with Crippen LogP contribution in [0.1, 0.15) is 28.5 Å². The third-order valence-electron chi connectivity index (χ3n) is 3.66. The summed E-state index contributed by atoms with van der Waals surface area (Å²) in [6.07, 6.45) is 0. The Morgan fingerprint density at radius 3 is 2.50 bits per heavy atom. The minimum atomic E-state index is 0.0616. The van der Waals surface area contributed by atoms with Gasteiger partial charge in [0.25, 0.3) is 0 Å². The zero-order valence-corrected chi connectivity index (χ0v) is 13.4. The number of nitrogens with zero attached hydrogens (tertiary/aromatic N) is 1. The number of carbonyl (C=O) groups excluding carboxylic acids is 1. The fourth-order valence-corrected chi connectivity index (χ4v) is 3.48. The molecule has 5 heteroatoms. The fourth-order valence-electron chi connectivity index (χ4n) is 2.66. The Bertz CT molecular complexity index is 844. The summed E-state index contributed by atoms with van der Waals surface area (Å²) in [5.74, 6) is 0.300. The summed E-state index contributed by atoms with van der Waals surface area (Å²) >= 11 is 1.54. The van der Waals surface area contributed by atoms with Gasteiger partial charge < -0.3 is 10.1 Å². The summed E-state index contributed by atoms with van der Waals surface area (Å²) in [6.45, 7) is 5.42. The summed E-state index contributed by atoms with van der Waals surface area (Å²) in [4.78, 5) is 19.6. The van der Waals surface area contributed by atoms with Crippen molar-refractivity contribution < 1.29 is 9.90 Å². The molecule has 112 valence electrons. The molecule has 2 N–H and O–H groups in total. The average Bonchev–Trinajstić information content (AvgIpc) is 3.04. The molecule has 0 aliphatic carbocycles. The van der Waals surface area contributed by atoms with Crippen LogP contribution in [0.3, 0.4) is 0 Å². The normalized spacial score (nSPS) is 10.9. The molecule has 0 bridgehead atoms. The van der Waals surface area contributed by atoms with E-state index in [1.165, 1.54) is 11.3 Å². The lowest BCUT2D eigenvalue weighted by atomic mass is 10.1. The van der Waals surface area contributed by atoms with Gasteiger partial charge in [0.15, 0.2) is 5.78 Å². The number of carbonyl (C=O) groups is 1. The SMILES string of the molecule is CC(=O)c1c(C)[nH]c(-c2csc(-c3ccc(O)cc3)n2)c1C. The lowest BCUT2D eigenvalue weighted by molar-refractivity contribution is 0.101. The van der Waals surface area contributed by atoms with Crippen molar-refractivity contribution in [1.82, 2.24) is 9.97 Å². The molecule has 0 atom stereocenters. The van der Waals surface area contributed by atoms with E-state index in [4.69, 9.17) is 0 Å². The highest BCUT2D eigenvalue weighted by molar-refractivity contribution is 7.13. The molecule has 0 aliphatic rings. The number of ketones is 1. The van der Waals surface area contributed by atoms with Crippen molar-refractivity contribution in [2.45, 2.75) is 20.8 Å².